The third kappa shape index (κ3) is 3.55. The Labute approximate surface area is 113 Å². The van der Waals surface area contributed by atoms with Crippen LogP contribution < -0.4 is 10.5 Å². The van der Waals surface area contributed by atoms with Gasteiger partial charge in [0.05, 0.1) is 0 Å². The smallest absolute Gasteiger partial charge is 0.123 e. The Hall–Kier alpha value is -1.87. The van der Waals surface area contributed by atoms with Crippen molar-refractivity contribution < 1.29 is 9.13 Å². The van der Waals surface area contributed by atoms with Gasteiger partial charge in [-0.3, -0.25) is 0 Å². The van der Waals surface area contributed by atoms with E-state index in [1.165, 1.54) is 12.1 Å². The summed E-state index contributed by atoms with van der Waals surface area (Å²) in [6.45, 7) is 4.25. The van der Waals surface area contributed by atoms with Crippen molar-refractivity contribution in [2.24, 2.45) is 5.73 Å². The van der Waals surface area contributed by atoms with Gasteiger partial charge in [0.25, 0.3) is 0 Å². The van der Waals surface area contributed by atoms with E-state index in [0.29, 0.717) is 6.61 Å². The first-order valence-corrected chi connectivity index (χ1v) is 6.29. The summed E-state index contributed by atoms with van der Waals surface area (Å²) in [4.78, 5) is 0. The molecular formula is C16H18FNO. The summed E-state index contributed by atoms with van der Waals surface area (Å²) >= 11 is 0. The van der Waals surface area contributed by atoms with Crippen LogP contribution in [0.5, 0.6) is 5.75 Å². The first-order valence-electron chi connectivity index (χ1n) is 6.29. The van der Waals surface area contributed by atoms with Gasteiger partial charge in [0.15, 0.2) is 0 Å². The zero-order valence-electron chi connectivity index (χ0n) is 11.2. The third-order valence-corrected chi connectivity index (χ3v) is 3.10. The maximum Gasteiger partial charge on any atom is 0.123 e. The molecule has 0 amide bonds. The highest BCUT2D eigenvalue weighted by atomic mass is 19.1. The molecule has 2 nitrogen and oxygen atoms in total. The van der Waals surface area contributed by atoms with Gasteiger partial charge < -0.3 is 10.5 Å². The van der Waals surface area contributed by atoms with E-state index in [9.17, 15) is 4.39 Å². The molecule has 0 aromatic heterocycles. The average molecular weight is 259 g/mol. The van der Waals surface area contributed by atoms with Gasteiger partial charge in [-0.1, -0.05) is 18.2 Å². The van der Waals surface area contributed by atoms with Gasteiger partial charge in [-0.15, -0.1) is 0 Å². The molecule has 0 heterocycles. The van der Waals surface area contributed by atoms with Crippen molar-refractivity contribution in [2.75, 3.05) is 0 Å². The van der Waals surface area contributed by atoms with E-state index in [4.69, 9.17) is 10.5 Å². The molecule has 0 fully saturated rings. The average Bonchev–Trinajstić information content (AvgIpc) is 2.38. The largest absolute Gasteiger partial charge is 0.489 e. The lowest BCUT2D eigenvalue weighted by atomic mass is 10.1. The van der Waals surface area contributed by atoms with Gasteiger partial charge in [-0.2, -0.15) is 0 Å². The van der Waals surface area contributed by atoms with Crippen LogP contribution in [0.15, 0.2) is 42.5 Å². The van der Waals surface area contributed by atoms with Crippen LogP contribution in [-0.2, 0) is 6.61 Å². The van der Waals surface area contributed by atoms with Gasteiger partial charge in [0.1, 0.15) is 18.2 Å². The Morgan fingerprint density at radius 3 is 2.42 bits per heavy atom. The summed E-state index contributed by atoms with van der Waals surface area (Å²) < 4.78 is 18.7. The second kappa shape index (κ2) is 5.85. The fourth-order valence-corrected chi connectivity index (χ4v) is 1.85. The van der Waals surface area contributed by atoms with Gasteiger partial charge in [-0.25, -0.2) is 4.39 Å². The van der Waals surface area contributed by atoms with Crippen molar-refractivity contribution in [3.05, 3.63) is 65.0 Å². The SMILES string of the molecule is Cc1cc(F)ccc1COc1ccc([C@H](C)N)cc1. The molecule has 100 valence electrons. The number of nitrogens with two attached hydrogens (primary N) is 1. The maximum absolute atomic E-state index is 13.0. The molecule has 0 aliphatic rings. The summed E-state index contributed by atoms with van der Waals surface area (Å²) in [5.74, 6) is 0.565. The predicted molar refractivity (Wildman–Crippen MR) is 74.5 cm³/mol. The molecule has 2 N–H and O–H groups in total. The van der Waals surface area contributed by atoms with Gasteiger partial charge in [0, 0.05) is 6.04 Å². The minimum atomic E-state index is -0.220. The van der Waals surface area contributed by atoms with E-state index >= 15 is 0 Å². The van der Waals surface area contributed by atoms with Crippen LogP contribution in [0, 0.1) is 12.7 Å². The molecule has 3 heteroatoms. The molecule has 19 heavy (non-hydrogen) atoms. The van der Waals surface area contributed by atoms with E-state index in [-0.39, 0.29) is 11.9 Å². The van der Waals surface area contributed by atoms with E-state index in [1.807, 2.05) is 38.1 Å². The number of benzene rings is 2. The molecule has 0 aliphatic heterocycles. The zero-order chi connectivity index (χ0) is 13.8. The van der Waals surface area contributed by atoms with Gasteiger partial charge in [-0.05, 0) is 54.8 Å². The minimum absolute atomic E-state index is 0.0217. The van der Waals surface area contributed by atoms with Gasteiger partial charge in [0.2, 0.25) is 0 Å². The molecule has 0 spiro atoms. The molecule has 0 saturated heterocycles. The lowest BCUT2D eigenvalue weighted by Gasteiger charge is -2.10. The minimum Gasteiger partial charge on any atom is -0.489 e. The Balaban J connectivity index is 2.02. The highest BCUT2D eigenvalue weighted by Gasteiger charge is 2.03. The topological polar surface area (TPSA) is 35.2 Å². The highest BCUT2D eigenvalue weighted by molar-refractivity contribution is 5.30. The molecule has 0 saturated carbocycles. The number of aryl methyl sites for hydroxylation is 1. The van der Waals surface area contributed by atoms with Crippen LogP contribution in [0.2, 0.25) is 0 Å². The van der Waals surface area contributed by atoms with Crippen molar-refractivity contribution in [3.8, 4) is 5.75 Å². The summed E-state index contributed by atoms with van der Waals surface area (Å²) in [7, 11) is 0. The molecule has 2 aromatic rings. The van der Waals surface area contributed by atoms with Crippen molar-refractivity contribution in [3.63, 3.8) is 0 Å². The van der Waals surface area contributed by atoms with Crippen molar-refractivity contribution in [1.82, 2.24) is 0 Å². The molecule has 0 bridgehead atoms. The second-order valence-corrected chi connectivity index (χ2v) is 4.72. The molecule has 2 rings (SSSR count). The zero-order valence-corrected chi connectivity index (χ0v) is 11.2. The summed E-state index contributed by atoms with van der Waals surface area (Å²) in [5.41, 5.74) is 8.74. The maximum atomic E-state index is 13.0. The Morgan fingerprint density at radius 1 is 1.16 bits per heavy atom. The van der Waals surface area contributed by atoms with E-state index < -0.39 is 0 Å². The van der Waals surface area contributed by atoms with E-state index in [0.717, 1.165) is 22.4 Å². The van der Waals surface area contributed by atoms with E-state index in [2.05, 4.69) is 0 Å². The van der Waals surface area contributed by atoms with Crippen LogP contribution in [-0.4, -0.2) is 0 Å². The predicted octanol–water partition coefficient (Wildman–Crippen LogP) is 3.73. The normalized spacial score (nSPS) is 12.2. The first kappa shape index (κ1) is 13.6. The molecule has 0 unspecified atom stereocenters. The number of ether oxygens (including phenoxy) is 1. The molecule has 0 radical (unpaired) electrons. The monoisotopic (exact) mass is 259 g/mol. The molecular weight excluding hydrogens is 241 g/mol. The number of halogens is 1. The van der Waals surface area contributed by atoms with Gasteiger partial charge >= 0.3 is 0 Å². The summed E-state index contributed by atoms with van der Waals surface area (Å²) in [5, 5.41) is 0. The highest BCUT2D eigenvalue weighted by Crippen LogP contribution is 2.18. The lowest BCUT2D eigenvalue weighted by Crippen LogP contribution is -2.04. The Kier molecular flexibility index (Phi) is 4.17. The molecule has 0 aliphatic carbocycles. The Morgan fingerprint density at radius 2 is 1.84 bits per heavy atom. The fourth-order valence-electron chi connectivity index (χ4n) is 1.85. The quantitative estimate of drug-likeness (QED) is 0.908. The van der Waals surface area contributed by atoms with Crippen molar-refractivity contribution >= 4 is 0 Å². The van der Waals surface area contributed by atoms with Crippen LogP contribution in [0.3, 0.4) is 0 Å². The summed E-state index contributed by atoms with van der Waals surface area (Å²) in [6, 6.07) is 12.4. The fraction of sp³-hybridized carbons (Fsp3) is 0.250. The Bertz CT molecular complexity index is 549. The lowest BCUT2D eigenvalue weighted by molar-refractivity contribution is 0.305. The number of rotatable bonds is 4. The number of hydrogen-bond acceptors (Lipinski definition) is 2. The third-order valence-electron chi connectivity index (χ3n) is 3.10. The standard InChI is InChI=1S/C16H18FNO/c1-11-9-15(17)6-3-14(11)10-19-16-7-4-13(5-8-16)12(2)18/h3-9,12H,10,18H2,1-2H3/t12-/m0/s1. The molecule has 1 atom stereocenters. The summed E-state index contributed by atoms with van der Waals surface area (Å²) in [6.07, 6.45) is 0. The van der Waals surface area contributed by atoms with Crippen molar-refractivity contribution in [1.29, 1.82) is 0 Å². The second-order valence-electron chi connectivity index (χ2n) is 4.72. The van der Waals surface area contributed by atoms with E-state index in [1.54, 1.807) is 6.07 Å². The van der Waals surface area contributed by atoms with Crippen LogP contribution >= 0.6 is 0 Å². The molecule has 2 aromatic carbocycles. The van der Waals surface area contributed by atoms with Crippen LogP contribution in [0.1, 0.15) is 29.7 Å². The first-order chi connectivity index (χ1) is 9.06. The van der Waals surface area contributed by atoms with Crippen molar-refractivity contribution in [2.45, 2.75) is 26.5 Å². The number of hydrogen-bond donors (Lipinski definition) is 1. The van der Waals surface area contributed by atoms with Crippen LogP contribution in [0.25, 0.3) is 0 Å². The van der Waals surface area contributed by atoms with Crippen LogP contribution in [0.4, 0.5) is 4.39 Å².